The van der Waals surface area contributed by atoms with Crippen molar-refractivity contribution in [3.8, 4) is 0 Å². The number of hydrogen-bond acceptors (Lipinski definition) is 6. The van der Waals surface area contributed by atoms with Crippen molar-refractivity contribution in [1.82, 2.24) is 30.5 Å². The summed E-state index contributed by atoms with van der Waals surface area (Å²) in [5.74, 6) is 0. The van der Waals surface area contributed by atoms with Crippen molar-refractivity contribution in [2.75, 3.05) is 26.2 Å². The van der Waals surface area contributed by atoms with Crippen molar-refractivity contribution in [3.63, 3.8) is 0 Å². The zero-order chi connectivity index (χ0) is 19.3. The van der Waals surface area contributed by atoms with Crippen LogP contribution < -0.4 is 10.6 Å². The second-order valence-corrected chi connectivity index (χ2v) is 6.59. The summed E-state index contributed by atoms with van der Waals surface area (Å²) < 4.78 is 0. The molecule has 0 radical (unpaired) electrons. The highest BCUT2D eigenvalue weighted by atomic mass is 15.2. The summed E-state index contributed by atoms with van der Waals surface area (Å²) >= 11 is 0. The number of pyridine rings is 3. The first kappa shape index (κ1) is 20.1. The van der Waals surface area contributed by atoms with Gasteiger partial charge in [-0.1, -0.05) is 18.2 Å². The lowest BCUT2D eigenvalue weighted by molar-refractivity contribution is 0.261. The number of nitrogens with zero attached hydrogens (tertiary/aromatic N) is 4. The molecule has 0 aromatic carbocycles. The summed E-state index contributed by atoms with van der Waals surface area (Å²) in [6, 6.07) is 18.1. The maximum Gasteiger partial charge on any atom is 0.0543 e. The highest BCUT2D eigenvalue weighted by Crippen LogP contribution is 2.01. The molecule has 28 heavy (non-hydrogen) atoms. The number of nitrogens with one attached hydrogen (secondary N) is 2. The van der Waals surface area contributed by atoms with E-state index in [0.29, 0.717) is 0 Å². The molecule has 2 N–H and O–H groups in total. The van der Waals surface area contributed by atoms with E-state index >= 15 is 0 Å². The lowest BCUT2D eigenvalue weighted by atomic mass is 10.3. The van der Waals surface area contributed by atoms with Crippen LogP contribution in [0.5, 0.6) is 0 Å². The molecule has 0 aliphatic heterocycles. The lowest BCUT2D eigenvalue weighted by Crippen LogP contribution is -2.36. The van der Waals surface area contributed by atoms with Crippen molar-refractivity contribution in [1.29, 1.82) is 0 Å². The Morgan fingerprint density at radius 1 is 0.607 bits per heavy atom. The third-order valence-electron chi connectivity index (χ3n) is 4.39. The fourth-order valence-electron chi connectivity index (χ4n) is 2.90. The molecule has 0 saturated heterocycles. The second-order valence-electron chi connectivity index (χ2n) is 6.59. The zero-order valence-electron chi connectivity index (χ0n) is 16.2. The van der Waals surface area contributed by atoms with Crippen molar-refractivity contribution >= 4 is 0 Å². The molecule has 0 atom stereocenters. The number of rotatable bonds is 12. The highest BCUT2D eigenvalue weighted by molar-refractivity contribution is 5.05. The Labute approximate surface area is 167 Å². The van der Waals surface area contributed by atoms with Gasteiger partial charge in [0.15, 0.2) is 0 Å². The van der Waals surface area contributed by atoms with E-state index < -0.39 is 0 Å². The predicted molar refractivity (Wildman–Crippen MR) is 111 cm³/mol. The summed E-state index contributed by atoms with van der Waals surface area (Å²) in [6.45, 7) is 6.14. The van der Waals surface area contributed by atoms with E-state index in [-0.39, 0.29) is 0 Å². The molecule has 0 bridgehead atoms. The quantitative estimate of drug-likeness (QED) is 0.473. The Hall–Kier alpha value is -2.67. The van der Waals surface area contributed by atoms with Crippen LogP contribution in [0.2, 0.25) is 0 Å². The minimum atomic E-state index is 0.788. The van der Waals surface area contributed by atoms with Gasteiger partial charge in [0.25, 0.3) is 0 Å². The molecule has 0 amide bonds. The Morgan fingerprint density at radius 2 is 1.07 bits per heavy atom. The van der Waals surface area contributed by atoms with E-state index in [9.17, 15) is 0 Å². The minimum absolute atomic E-state index is 0.788. The van der Waals surface area contributed by atoms with Crippen molar-refractivity contribution < 1.29 is 0 Å². The van der Waals surface area contributed by atoms with Crippen LogP contribution in [0.25, 0.3) is 0 Å². The normalized spacial score (nSPS) is 11.0. The van der Waals surface area contributed by atoms with Crippen LogP contribution in [0.15, 0.2) is 73.2 Å². The van der Waals surface area contributed by atoms with Gasteiger partial charge in [-0.3, -0.25) is 19.9 Å². The van der Waals surface area contributed by atoms with Gasteiger partial charge in [-0.2, -0.15) is 0 Å². The Balaban J connectivity index is 1.42. The van der Waals surface area contributed by atoms with Crippen LogP contribution in [-0.2, 0) is 19.6 Å². The van der Waals surface area contributed by atoms with Gasteiger partial charge >= 0.3 is 0 Å². The first-order valence-electron chi connectivity index (χ1n) is 9.73. The van der Waals surface area contributed by atoms with Gasteiger partial charge in [-0.15, -0.1) is 0 Å². The number of hydrogen-bond donors (Lipinski definition) is 2. The van der Waals surface area contributed by atoms with Gasteiger partial charge in [-0.25, -0.2) is 0 Å². The van der Waals surface area contributed by atoms with E-state index in [4.69, 9.17) is 0 Å². The Bertz CT molecular complexity index is 719. The Morgan fingerprint density at radius 3 is 1.50 bits per heavy atom. The van der Waals surface area contributed by atoms with Crippen LogP contribution in [0.1, 0.15) is 17.1 Å². The molecule has 6 heteroatoms. The van der Waals surface area contributed by atoms with Crippen LogP contribution in [-0.4, -0.2) is 46.0 Å². The van der Waals surface area contributed by atoms with Gasteiger partial charge in [0.1, 0.15) is 0 Å². The topological polar surface area (TPSA) is 66.0 Å². The first-order valence-corrected chi connectivity index (χ1v) is 9.73. The van der Waals surface area contributed by atoms with E-state index in [2.05, 4.69) is 36.6 Å². The average Bonchev–Trinajstić information content (AvgIpc) is 2.76. The van der Waals surface area contributed by atoms with E-state index in [0.717, 1.165) is 62.9 Å². The summed E-state index contributed by atoms with van der Waals surface area (Å²) in [4.78, 5) is 15.6. The summed E-state index contributed by atoms with van der Waals surface area (Å²) in [7, 11) is 0. The monoisotopic (exact) mass is 376 g/mol. The maximum absolute atomic E-state index is 4.47. The molecule has 3 rings (SSSR count). The molecule has 0 aliphatic carbocycles. The molecule has 0 fully saturated rings. The van der Waals surface area contributed by atoms with Gasteiger partial charge in [0, 0.05) is 64.4 Å². The molecule has 0 saturated carbocycles. The van der Waals surface area contributed by atoms with E-state index in [1.54, 1.807) is 0 Å². The first-order chi connectivity index (χ1) is 13.9. The Kier molecular flexibility index (Phi) is 8.55. The van der Waals surface area contributed by atoms with Crippen LogP contribution in [0.3, 0.4) is 0 Å². The summed E-state index contributed by atoms with van der Waals surface area (Å²) in [6.07, 6.45) is 5.52. The average molecular weight is 377 g/mol. The third-order valence-corrected chi connectivity index (χ3v) is 4.39. The summed E-state index contributed by atoms with van der Waals surface area (Å²) in [5.41, 5.74) is 3.23. The number of aromatic nitrogens is 3. The van der Waals surface area contributed by atoms with E-state index in [1.807, 2.05) is 67.1 Å². The van der Waals surface area contributed by atoms with Gasteiger partial charge in [-0.05, 0) is 36.4 Å². The lowest BCUT2D eigenvalue weighted by Gasteiger charge is -2.22. The fourth-order valence-corrected chi connectivity index (χ4v) is 2.90. The molecular formula is C22H28N6. The molecule has 6 nitrogen and oxygen atoms in total. The maximum atomic E-state index is 4.47. The molecule has 146 valence electrons. The van der Waals surface area contributed by atoms with Gasteiger partial charge in [0.2, 0.25) is 0 Å². The molecule has 3 aromatic heterocycles. The van der Waals surface area contributed by atoms with E-state index in [1.165, 1.54) is 0 Å². The van der Waals surface area contributed by atoms with Crippen LogP contribution in [0, 0.1) is 0 Å². The molecule has 0 spiro atoms. The highest BCUT2D eigenvalue weighted by Gasteiger charge is 2.07. The van der Waals surface area contributed by atoms with Gasteiger partial charge in [0.05, 0.1) is 17.1 Å². The molecule has 3 heterocycles. The molecule has 0 unspecified atom stereocenters. The predicted octanol–water partition coefficient (Wildman–Crippen LogP) is 2.25. The fraction of sp³-hybridized carbons (Fsp3) is 0.318. The van der Waals surface area contributed by atoms with Crippen molar-refractivity contribution in [3.05, 3.63) is 90.3 Å². The van der Waals surface area contributed by atoms with Crippen LogP contribution in [0.4, 0.5) is 0 Å². The largest absolute Gasteiger partial charge is 0.310 e. The smallest absolute Gasteiger partial charge is 0.0543 e. The molecular weight excluding hydrogens is 348 g/mol. The van der Waals surface area contributed by atoms with Crippen molar-refractivity contribution in [2.45, 2.75) is 19.6 Å². The minimum Gasteiger partial charge on any atom is -0.310 e. The van der Waals surface area contributed by atoms with Crippen LogP contribution >= 0.6 is 0 Å². The molecule has 0 aliphatic rings. The zero-order valence-corrected chi connectivity index (χ0v) is 16.2. The second kappa shape index (κ2) is 11.9. The van der Waals surface area contributed by atoms with Crippen molar-refractivity contribution in [2.24, 2.45) is 0 Å². The van der Waals surface area contributed by atoms with Gasteiger partial charge < -0.3 is 10.6 Å². The molecule has 3 aromatic rings. The SMILES string of the molecule is c1ccc(CNCCN(CCNCc2ccccn2)Cc2ccccn2)nc1. The summed E-state index contributed by atoms with van der Waals surface area (Å²) in [5, 5.41) is 6.96. The standard InChI is InChI=1S/C22H28N6/c1-4-10-25-20(7-1)17-23-13-15-28(19-22-9-3-6-12-27-22)16-14-24-18-21-8-2-5-11-26-21/h1-12,23-24H,13-19H2. The third kappa shape index (κ3) is 7.52.